The molecule has 0 saturated carbocycles. The summed E-state index contributed by atoms with van der Waals surface area (Å²) >= 11 is 6.94. The minimum atomic E-state index is -0.126. The molecule has 0 aromatic carbocycles. The van der Waals surface area contributed by atoms with E-state index in [2.05, 4.69) is 26.5 Å². The van der Waals surface area contributed by atoms with Gasteiger partial charge in [0.1, 0.15) is 11.0 Å². The lowest BCUT2D eigenvalue weighted by Crippen LogP contribution is -2.44. The van der Waals surface area contributed by atoms with Crippen molar-refractivity contribution in [2.24, 2.45) is 0 Å². The van der Waals surface area contributed by atoms with E-state index in [9.17, 15) is 4.79 Å². The highest BCUT2D eigenvalue weighted by molar-refractivity contribution is 7.08. The monoisotopic (exact) mass is 367 g/mol. The van der Waals surface area contributed by atoms with Crippen LogP contribution in [0.25, 0.3) is 0 Å². The molecule has 1 fully saturated rings. The molecule has 1 saturated heterocycles. The maximum absolute atomic E-state index is 12.8. The number of hydrogen-bond acceptors (Lipinski definition) is 7. The Morgan fingerprint density at radius 3 is 3.00 bits per heavy atom. The topological polar surface area (TPSA) is 81.1 Å². The Hall–Kier alpha value is -1.80. The van der Waals surface area contributed by atoms with Gasteiger partial charge in [-0.25, -0.2) is 9.97 Å². The fourth-order valence-electron chi connectivity index (χ4n) is 2.64. The summed E-state index contributed by atoms with van der Waals surface area (Å²) in [6.45, 7) is 3.28. The number of ether oxygens (including phenoxy) is 1. The quantitative estimate of drug-likeness (QED) is 0.808. The summed E-state index contributed by atoms with van der Waals surface area (Å²) in [4.78, 5) is 23.3. The van der Waals surface area contributed by atoms with Gasteiger partial charge < -0.3 is 9.64 Å². The predicted molar refractivity (Wildman–Crippen MR) is 90.5 cm³/mol. The molecule has 1 atom stereocenters. The first-order valence-electron chi connectivity index (χ1n) is 7.92. The Morgan fingerprint density at radius 1 is 1.46 bits per heavy atom. The summed E-state index contributed by atoms with van der Waals surface area (Å²) in [6.07, 6.45) is 6.30. The van der Waals surface area contributed by atoms with Crippen molar-refractivity contribution >= 4 is 29.0 Å². The molecule has 1 aliphatic heterocycles. The predicted octanol–water partition coefficient (Wildman–Crippen LogP) is 2.62. The summed E-state index contributed by atoms with van der Waals surface area (Å²) in [5, 5.41) is 4.54. The Bertz CT molecular complexity index is 693. The van der Waals surface area contributed by atoms with E-state index in [-0.39, 0.29) is 18.0 Å². The minimum Gasteiger partial charge on any atom is -0.458 e. The van der Waals surface area contributed by atoms with E-state index in [0.29, 0.717) is 23.0 Å². The first kappa shape index (κ1) is 17.0. The molecule has 1 aliphatic rings. The van der Waals surface area contributed by atoms with Crippen LogP contribution in [0.2, 0.25) is 5.02 Å². The standard InChI is InChI=1S/C15H18ClN5O2S/c1-2-4-12-13(24-20-19-12)14(22)21-6-3-5-11(9-21)23-15-17-7-10(16)8-18-15/h7-8,11H,2-6,9H2,1H3. The average molecular weight is 368 g/mol. The second-order valence-corrected chi connectivity index (χ2v) is 6.81. The van der Waals surface area contributed by atoms with Crippen LogP contribution in [0, 0.1) is 0 Å². The van der Waals surface area contributed by atoms with Gasteiger partial charge in [-0.05, 0) is 30.8 Å². The number of halogens is 1. The molecule has 24 heavy (non-hydrogen) atoms. The summed E-state index contributed by atoms with van der Waals surface area (Å²) in [7, 11) is 0. The van der Waals surface area contributed by atoms with E-state index in [1.165, 1.54) is 23.9 Å². The van der Waals surface area contributed by atoms with Crippen LogP contribution in [0.15, 0.2) is 12.4 Å². The lowest BCUT2D eigenvalue weighted by molar-refractivity contribution is 0.0519. The molecule has 9 heteroatoms. The first-order valence-corrected chi connectivity index (χ1v) is 9.07. The molecule has 2 aromatic heterocycles. The van der Waals surface area contributed by atoms with Crippen LogP contribution < -0.4 is 4.74 Å². The molecular weight excluding hydrogens is 350 g/mol. The van der Waals surface area contributed by atoms with Crippen LogP contribution >= 0.6 is 23.1 Å². The third-order valence-electron chi connectivity index (χ3n) is 3.77. The van der Waals surface area contributed by atoms with Crippen LogP contribution in [0.1, 0.15) is 41.6 Å². The first-order chi connectivity index (χ1) is 11.7. The van der Waals surface area contributed by atoms with Gasteiger partial charge in [0.2, 0.25) is 0 Å². The van der Waals surface area contributed by atoms with Crippen LogP contribution in [-0.2, 0) is 6.42 Å². The molecule has 0 aliphatic carbocycles. The molecule has 3 rings (SSSR count). The number of likely N-dealkylation sites (tertiary alicyclic amines) is 1. The number of nitrogens with zero attached hydrogens (tertiary/aromatic N) is 5. The van der Waals surface area contributed by atoms with E-state index in [0.717, 1.165) is 31.4 Å². The lowest BCUT2D eigenvalue weighted by Gasteiger charge is -2.32. The third kappa shape index (κ3) is 3.99. The fourth-order valence-corrected chi connectivity index (χ4v) is 3.42. The van der Waals surface area contributed by atoms with Crippen molar-refractivity contribution in [2.75, 3.05) is 13.1 Å². The van der Waals surface area contributed by atoms with Gasteiger partial charge in [0.25, 0.3) is 5.91 Å². The zero-order valence-corrected chi connectivity index (χ0v) is 14.9. The van der Waals surface area contributed by atoms with Crippen molar-refractivity contribution in [3.05, 3.63) is 28.0 Å². The van der Waals surface area contributed by atoms with Crippen LogP contribution in [0.4, 0.5) is 0 Å². The Kier molecular flexibility index (Phi) is 5.57. The number of rotatable bonds is 5. The Morgan fingerprint density at radius 2 is 2.25 bits per heavy atom. The molecule has 3 heterocycles. The van der Waals surface area contributed by atoms with Gasteiger partial charge in [-0.15, -0.1) is 5.10 Å². The number of aromatic nitrogens is 4. The number of hydrogen-bond donors (Lipinski definition) is 0. The number of carbonyl (C=O) groups excluding carboxylic acids is 1. The van der Waals surface area contributed by atoms with Crippen molar-refractivity contribution in [1.82, 2.24) is 24.5 Å². The van der Waals surface area contributed by atoms with Crippen molar-refractivity contribution in [2.45, 2.75) is 38.7 Å². The van der Waals surface area contributed by atoms with E-state index in [1.807, 2.05) is 0 Å². The highest BCUT2D eigenvalue weighted by Gasteiger charge is 2.28. The molecule has 0 N–H and O–H groups in total. The summed E-state index contributed by atoms with van der Waals surface area (Å²) in [6, 6.07) is 0.282. The van der Waals surface area contributed by atoms with E-state index in [4.69, 9.17) is 16.3 Å². The number of piperidine rings is 1. The highest BCUT2D eigenvalue weighted by Crippen LogP contribution is 2.21. The third-order valence-corrected chi connectivity index (χ3v) is 4.72. The van der Waals surface area contributed by atoms with Gasteiger partial charge in [-0.1, -0.05) is 29.4 Å². The average Bonchev–Trinajstić information content (AvgIpc) is 3.05. The SMILES string of the molecule is CCCc1nnsc1C(=O)N1CCCC(Oc2ncc(Cl)cn2)C1. The summed E-state index contributed by atoms with van der Waals surface area (Å²) < 4.78 is 9.72. The zero-order valence-electron chi connectivity index (χ0n) is 13.3. The van der Waals surface area contributed by atoms with Gasteiger partial charge in [0.05, 0.1) is 29.7 Å². The summed E-state index contributed by atoms with van der Waals surface area (Å²) in [5.74, 6) is -0.0150. The van der Waals surface area contributed by atoms with Crippen LogP contribution in [-0.4, -0.2) is 49.6 Å². The van der Waals surface area contributed by atoms with Crippen molar-refractivity contribution < 1.29 is 9.53 Å². The number of amides is 1. The maximum Gasteiger partial charge on any atom is 0.316 e. The van der Waals surface area contributed by atoms with Crippen molar-refractivity contribution in [3.8, 4) is 6.01 Å². The zero-order chi connectivity index (χ0) is 16.9. The summed E-state index contributed by atoms with van der Waals surface area (Å²) in [5.41, 5.74) is 0.788. The smallest absolute Gasteiger partial charge is 0.316 e. The van der Waals surface area contributed by atoms with Gasteiger partial charge in [0.15, 0.2) is 0 Å². The molecule has 128 valence electrons. The largest absolute Gasteiger partial charge is 0.458 e. The molecule has 0 spiro atoms. The van der Waals surface area contributed by atoms with Gasteiger partial charge in [-0.2, -0.15) is 0 Å². The van der Waals surface area contributed by atoms with Gasteiger partial charge >= 0.3 is 6.01 Å². The van der Waals surface area contributed by atoms with Gasteiger partial charge in [-0.3, -0.25) is 4.79 Å². The van der Waals surface area contributed by atoms with E-state index < -0.39 is 0 Å². The van der Waals surface area contributed by atoms with Crippen molar-refractivity contribution in [3.63, 3.8) is 0 Å². The molecule has 0 bridgehead atoms. The Labute approximate surface area is 149 Å². The van der Waals surface area contributed by atoms with E-state index >= 15 is 0 Å². The normalized spacial score (nSPS) is 17.8. The molecule has 2 aromatic rings. The fraction of sp³-hybridized carbons (Fsp3) is 0.533. The molecule has 7 nitrogen and oxygen atoms in total. The maximum atomic E-state index is 12.8. The second-order valence-electron chi connectivity index (χ2n) is 5.62. The van der Waals surface area contributed by atoms with Crippen LogP contribution in [0.5, 0.6) is 6.01 Å². The molecule has 0 radical (unpaired) electrons. The van der Waals surface area contributed by atoms with E-state index in [1.54, 1.807) is 4.90 Å². The molecule has 1 unspecified atom stereocenters. The van der Waals surface area contributed by atoms with Crippen molar-refractivity contribution in [1.29, 1.82) is 0 Å². The van der Waals surface area contributed by atoms with Crippen LogP contribution in [0.3, 0.4) is 0 Å². The Balaban J connectivity index is 1.65. The second kappa shape index (κ2) is 7.85. The molecular formula is C15H18ClN5O2S. The highest BCUT2D eigenvalue weighted by atomic mass is 35.5. The molecule has 1 amide bonds. The number of carbonyl (C=O) groups is 1. The number of aryl methyl sites for hydroxylation is 1. The minimum absolute atomic E-state index is 0.0150. The lowest BCUT2D eigenvalue weighted by atomic mass is 10.1. The van der Waals surface area contributed by atoms with Gasteiger partial charge in [0, 0.05) is 6.54 Å².